The van der Waals surface area contributed by atoms with Gasteiger partial charge in [0.05, 0.1) is 13.2 Å². The van der Waals surface area contributed by atoms with Crippen LogP contribution in [0.25, 0.3) is 5.57 Å². The van der Waals surface area contributed by atoms with E-state index in [4.69, 9.17) is 9.47 Å². The Bertz CT molecular complexity index is 777. The van der Waals surface area contributed by atoms with Crippen LogP contribution in [-0.4, -0.2) is 13.2 Å². The first-order valence-corrected chi connectivity index (χ1v) is 8.48. The predicted octanol–water partition coefficient (Wildman–Crippen LogP) is 5.60. The van der Waals surface area contributed by atoms with Gasteiger partial charge in [0.1, 0.15) is 11.5 Å². The smallest absolute Gasteiger partial charge is 0.119 e. The highest BCUT2D eigenvalue weighted by Gasteiger charge is 2.02. The topological polar surface area (TPSA) is 18.5 Å². The van der Waals surface area contributed by atoms with Crippen molar-refractivity contribution >= 4 is 5.57 Å². The second-order valence-electron chi connectivity index (χ2n) is 5.73. The van der Waals surface area contributed by atoms with Crippen molar-refractivity contribution in [3.63, 3.8) is 0 Å². The lowest BCUT2D eigenvalue weighted by atomic mass is 10.00. The van der Waals surface area contributed by atoms with Crippen molar-refractivity contribution in [2.45, 2.75) is 6.42 Å². The second-order valence-corrected chi connectivity index (χ2v) is 5.73. The third-order valence-electron chi connectivity index (χ3n) is 3.89. The van der Waals surface area contributed by atoms with Crippen LogP contribution < -0.4 is 9.47 Å². The van der Waals surface area contributed by atoms with Gasteiger partial charge in [0, 0.05) is 6.42 Å². The van der Waals surface area contributed by atoms with E-state index in [0.717, 1.165) is 34.6 Å². The molecule has 0 saturated carbocycles. The van der Waals surface area contributed by atoms with Crippen molar-refractivity contribution in [2.24, 2.45) is 0 Å². The van der Waals surface area contributed by atoms with Crippen LogP contribution in [0.2, 0.25) is 0 Å². The summed E-state index contributed by atoms with van der Waals surface area (Å²) in [6.07, 6.45) is 0.841. The predicted molar refractivity (Wildman–Crippen MR) is 103 cm³/mol. The molecule has 0 radical (unpaired) electrons. The van der Waals surface area contributed by atoms with Gasteiger partial charge in [-0.3, -0.25) is 0 Å². The first kappa shape index (κ1) is 16.8. The molecule has 3 aromatic carbocycles. The Morgan fingerprint density at radius 3 is 1.68 bits per heavy atom. The van der Waals surface area contributed by atoms with E-state index in [0.29, 0.717) is 13.2 Å². The minimum Gasteiger partial charge on any atom is -0.493 e. The van der Waals surface area contributed by atoms with Crippen LogP contribution in [0.4, 0.5) is 0 Å². The first-order valence-electron chi connectivity index (χ1n) is 8.48. The zero-order valence-corrected chi connectivity index (χ0v) is 14.2. The Morgan fingerprint density at radius 1 is 0.600 bits per heavy atom. The van der Waals surface area contributed by atoms with Crippen molar-refractivity contribution in [1.29, 1.82) is 0 Å². The summed E-state index contributed by atoms with van der Waals surface area (Å²) in [6.45, 7) is 5.46. The van der Waals surface area contributed by atoms with Gasteiger partial charge in [0.25, 0.3) is 0 Å². The van der Waals surface area contributed by atoms with Crippen LogP contribution >= 0.6 is 0 Å². The molecule has 0 unspecified atom stereocenters. The van der Waals surface area contributed by atoms with E-state index in [9.17, 15) is 0 Å². The summed E-state index contributed by atoms with van der Waals surface area (Å²) in [5, 5.41) is 0. The van der Waals surface area contributed by atoms with Crippen LogP contribution in [0.5, 0.6) is 11.5 Å². The van der Waals surface area contributed by atoms with Gasteiger partial charge in [-0.05, 0) is 41.0 Å². The average molecular weight is 330 g/mol. The Labute approximate surface area is 149 Å². The monoisotopic (exact) mass is 330 g/mol. The molecule has 0 aromatic heterocycles. The van der Waals surface area contributed by atoms with Crippen LogP contribution in [0.1, 0.15) is 17.5 Å². The second kappa shape index (κ2) is 8.74. The maximum absolute atomic E-state index is 5.77. The van der Waals surface area contributed by atoms with E-state index in [1.54, 1.807) is 0 Å². The lowest BCUT2D eigenvalue weighted by Gasteiger charge is -2.10. The van der Waals surface area contributed by atoms with Crippen molar-refractivity contribution in [3.8, 4) is 11.5 Å². The van der Waals surface area contributed by atoms with E-state index in [1.165, 1.54) is 0 Å². The highest BCUT2D eigenvalue weighted by atomic mass is 16.5. The van der Waals surface area contributed by atoms with Gasteiger partial charge in [0.15, 0.2) is 0 Å². The van der Waals surface area contributed by atoms with Gasteiger partial charge in [-0.1, -0.05) is 67.2 Å². The van der Waals surface area contributed by atoms with Crippen molar-refractivity contribution in [3.05, 3.63) is 103 Å². The maximum Gasteiger partial charge on any atom is 0.119 e. The molecule has 0 N–H and O–H groups in total. The molecule has 0 aliphatic rings. The van der Waals surface area contributed by atoms with Crippen LogP contribution in [0.3, 0.4) is 0 Å². The van der Waals surface area contributed by atoms with Gasteiger partial charge < -0.3 is 9.47 Å². The molecule has 126 valence electrons. The fourth-order valence-corrected chi connectivity index (χ4v) is 2.51. The fourth-order valence-electron chi connectivity index (χ4n) is 2.51. The molecule has 0 fully saturated rings. The molecular weight excluding hydrogens is 308 g/mol. The molecule has 0 aliphatic heterocycles. The molecule has 0 amide bonds. The summed E-state index contributed by atoms with van der Waals surface area (Å²) in [6, 6.07) is 28.1. The van der Waals surface area contributed by atoms with E-state index in [2.05, 4.69) is 18.7 Å². The number of hydrogen-bond acceptors (Lipinski definition) is 2. The number of para-hydroxylation sites is 1. The van der Waals surface area contributed by atoms with E-state index >= 15 is 0 Å². The third kappa shape index (κ3) is 4.98. The Kier molecular flexibility index (Phi) is 5.89. The molecule has 0 heterocycles. The highest BCUT2D eigenvalue weighted by Crippen LogP contribution is 2.23. The molecule has 0 aliphatic carbocycles. The van der Waals surface area contributed by atoms with Crippen molar-refractivity contribution in [1.82, 2.24) is 0 Å². The lowest BCUT2D eigenvalue weighted by molar-refractivity contribution is 0.247. The Hall–Kier alpha value is -3.00. The zero-order chi connectivity index (χ0) is 17.3. The van der Waals surface area contributed by atoms with Crippen LogP contribution in [0.15, 0.2) is 91.5 Å². The molecule has 0 spiro atoms. The lowest BCUT2D eigenvalue weighted by Crippen LogP contribution is -2.04. The van der Waals surface area contributed by atoms with E-state index in [1.807, 2.05) is 72.8 Å². The summed E-state index contributed by atoms with van der Waals surface area (Å²) < 4.78 is 11.4. The van der Waals surface area contributed by atoms with Gasteiger partial charge in [-0.2, -0.15) is 0 Å². The van der Waals surface area contributed by atoms with Gasteiger partial charge in [-0.25, -0.2) is 0 Å². The maximum atomic E-state index is 5.77. The fraction of sp³-hybridized carbons (Fsp3) is 0.130. The molecule has 3 aromatic rings. The van der Waals surface area contributed by atoms with Gasteiger partial charge in [0.2, 0.25) is 0 Å². The van der Waals surface area contributed by atoms with Crippen LogP contribution in [0, 0.1) is 0 Å². The minimum absolute atomic E-state index is 0.631. The summed E-state index contributed by atoms with van der Waals surface area (Å²) in [4.78, 5) is 0. The van der Waals surface area contributed by atoms with Gasteiger partial charge in [-0.15, -0.1) is 0 Å². The number of rotatable bonds is 8. The molecule has 0 saturated heterocycles. The SMILES string of the molecule is C=C(c1ccccc1)c1ccc(OCCCOc2ccccc2)cc1. The third-order valence-corrected chi connectivity index (χ3v) is 3.89. The highest BCUT2D eigenvalue weighted by molar-refractivity contribution is 5.78. The van der Waals surface area contributed by atoms with E-state index in [-0.39, 0.29) is 0 Å². The summed E-state index contributed by atoms with van der Waals surface area (Å²) in [5.41, 5.74) is 3.25. The Balaban J connectivity index is 1.44. The average Bonchev–Trinajstić information content (AvgIpc) is 2.69. The van der Waals surface area contributed by atoms with E-state index < -0.39 is 0 Å². The molecule has 3 rings (SSSR count). The zero-order valence-electron chi connectivity index (χ0n) is 14.2. The molecule has 2 nitrogen and oxygen atoms in total. The summed E-state index contributed by atoms with van der Waals surface area (Å²) in [7, 11) is 0. The molecule has 2 heteroatoms. The van der Waals surface area contributed by atoms with Crippen molar-refractivity contribution < 1.29 is 9.47 Å². The first-order chi connectivity index (χ1) is 12.3. The molecular formula is C23H22O2. The number of ether oxygens (including phenoxy) is 2. The molecule has 25 heavy (non-hydrogen) atoms. The summed E-state index contributed by atoms with van der Waals surface area (Å²) in [5.74, 6) is 1.76. The standard InChI is InChI=1S/C23H22O2/c1-19(20-9-4-2-5-10-20)21-13-15-23(16-14-21)25-18-8-17-24-22-11-6-3-7-12-22/h2-7,9-16H,1,8,17-18H2. The molecule has 0 atom stereocenters. The Morgan fingerprint density at radius 2 is 1.08 bits per heavy atom. The quantitative estimate of drug-likeness (QED) is 0.501. The number of hydrogen-bond donors (Lipinski definition) is 0. The normalized spacial score (nSPS) is 10.2. The summed E-state index contributed by atoms with van der Waals surface area (Å²) >= 11 is 0. The van der Waals surface area contributed by atoms with Crippen LogP contribution in [-0.2, 0) is 0 Å². The largest absolute Gasteiger partial charge is 0.493 e. The molecule has 0 bridgehead atoms. The van der Waals surface area contributed by atoms with Gasteiger partial charge >= 0.3 is 0 Å². The minimum atomic E-state index is 0.631. The van der Waals surface area contributed by atoms with Crippen molar-refractivity contribution in [2.75, 3.05) is 13.2 Å². The number of benzene rings is 3.